The molecule has 0 saturated heterocycles. The molecule has 0 spiro atoms. The molecule has 100 valence electrons. The van der Waals surface area contributed by atoms with Crippen LogP contribution in [0.3, 0.4) is 0 Å². The number of H-pyrrole nitrogens is 1. The zero-order chi connectivity index (χ0) is 13.8. The number of rotatable bonds is 4. The van der Waals surface area contributed by atoms with Gasteiger partial charge < -0.3 is 10.7 Å². The summed E-state index contributed by atoms with van der Waals surface area (Å²) in [5, 5.41) is 1.13. The second kappa shape index (κ2) is 6.19. The first kappa shape index (κ1) is 14.1. The maximum Gasteiger partial charge on any atom is 0.251 e. The molecule has 1 aromatic carbocycles. The van der Waals surface area contributed by atoms with Crippen LogP contribution in [-0.4, -0.2) is 16.5 Å². The molecule has 0 aliphatic rings. The summed E-state index contributed by atoms with van der Waals surface area (Å²) >= 11 is 11.9. The fourth-order valence-electron chi connectivity index (χ4n) is 1.77. The minimum atomic E-state index is -0.182. The van der Waals surface area contributed by atoms with Gasteiger partial charge in [-0.3, -0.25) is 4.79 Å². The van der Waals surface area contributed by atoms with Crippen molar-refractivity contribution in [3.63, 3.8) is 0 Å². The average Bonchev–Trinajstić information content (AvgIpc) is 2.32. The van der Waals surface area contributed by atoms with Gasteiger partial charge >= 0.3 is 0 Å². The number of benzene rings is 1. The summed E-state index contributed by atoms with van der Waals surface area (Å²) in [4.78, 5) is 18.6. The number of aromatic amines is 1. The van der Waals surface area contributed by atoms with Crippen molar-refractivity contribution in [1.82, 2.24) is 9.97 Å². The van der Waals surface area contributed by atoms with Crippen LogP contribution in [-0.2, 0) is 12.8 Å². The maximum absolute atomic E-state index is 11.5. The number of halogens is 2. The lowest BCUT2D eigenvalue weighted by atomic mass is 10.1. The monoisotopic (exact) mass is 297 g/mol. The molecule has 6 heteroatoms. The Morgan fingerprint density at radius 3 is 2.74 bits per heavy atom. The van der Waals surface area contributed by atoms with Crippen LogP contribution in [0.15, 0.2) is 29.1 Å². The van der Waals surface area contributed by atoms with E-state index in [-0.39, 0.29) is 5.56 Å². The van der Waals surface area contributed by atoms with E-state index in [2.05, 4.69) is 9.97 Å². The predicted molar refractivity (Wildman–Crippen MR) is 76.9 cm³/mol. The van der Waals surface area contributed by atoms with Crippen LogP contribution >= 0.6 is 23.2 Å². The first-order valence-electron chi connectivity index (χ1n) is 5.81. The highest BCUT2D eigenvalue weighted by molar-refractivity contribution is 6.35. The first-order valence-corrected chi connectivity index (χ1v) is 6.57. The quantitative estimate of drug-likeness (QED) is 0.908. The van der Waals surface area contributed by atoms with E-state index in [1.807, 2.05) is 6.07 Å². The van der Waals surface area contributed by atoms with Crippen molar-refractivity contribution in [2.45, 2.75) is 12.8 Å². The van der Waals surface area contributed by atoms with Gasteiger partial charge in [-0.25, -0.2) is 4.98 Å². The van der Waals surface area contributed by atoms with E-state index >= 15 is 0 Å². The minimum absolute atomic E-state index is 0.182. The number of hydrogen-bond acceptors (Lipinski definition) is 3. The normalized spacial score (nSPS) is 10.7. The molecule has 0 fully saturated rings. The highest BCUT2D eigenvalue weighted by atomic mass is 35.5. The summed E-state index contributed by atoms with van der Waals surface area (Å²) in [6, 6.07) is 6.70. The third-order valence-electron chi connectivity index (χ3n) is 2.62. The molecule has 3 N–H and O–H groups in total. The second-order valence-corrected chi connectivity index (χ2v) is 4.98. The van der Waals surface area contributed by atoms with Crippen LogP contribution in [0.1, 0.15) is 17.1 Å². The molecule has 1 aromatic heterocycles. The van der Waals surface area contributed by atoms with Crippen molar-refractivity contribution in [3.8, 4) is 0 Å². The molecule has 1 heterocycles. The molecule has 0 amide bonds. The summed E-state index contributed by atoms with van der Waals surface area (Å²) in [7, 11) is 0. The highest BCUT2D eigenvalue weighted by Crippen LogP contribution is 2.22. The Hall–Kier alpha value is -1.36. The molecule has 0 aliphatic carbocycles. The van der Waals surface area contributed by atoms with E-state index in [0.717, 1.165) is 5.56 Å². The van der Waals surface area contributed by atoms with E-state index in [4.69, 9.17) is 28.9 Å². The van der Waals surface area contributed by atoms with E-state index in [0.29, 0.717) is 40.9 Å². The lowest BCUT2D eigenvalue weighted by molar-refractivity contribution is 0.854. The summed E-state index contributed by atoms with van der Waals surface area (Å²) < 4.78 is 0. The van der Waals surface area contributed by atoms with Gasteiger partial charge in [0.15, 0.2) is 0 Å². The summed E-state index contributed by atoms with van der Waals surface area (Å²) in [6.07, 6.45) is 1.02. The third kappa shape index (κ3) is 3.80. The summed E-state index contributed by atoms with van der Waals surface area (Å²) in [5.41, 5.74) is 6.83. The van der Waals surface area contributed by atoms with Crippen LogP contribution in [0.5, 0.6) is 0 Å². The molecule has 0 saturated carbocycles. The Balaban J connectivity index is 2.30. The largest absolute Gasteiger partial charge is 0.330 e. The van der Waals surface area contributed by atoms with Crippen molar-refractivity contribution in [3.05, 3.63) is 61.7 Å². The molecule has 2 aromatic rings. The van der Waals surface area contributed by atoms with Gasteiger partial charge in [0.2, 0.25) is 0 Å². The first-order chi connectivity index (χ1) is 9.08. The van der Waals surface area contributed by atoms with E-state index in [9.17, 15) is 4.79 Å². The number of hydrogen-bond donors (Lipinski definition) is 2. The Labute approximate surface area is 120 Å². The molecule has 19 heavy (non-hydrogen) atoms. The van der Waals surface area contributed by atoms with Gasteiger partial charge in [0.05, 0.1) is 0 Å². The molecule has 0 bridgehead atoms. The number of nitrogens with zero attached hydrogens (tertiary/aromatic N) is 1. The van der Waals surface area contributed by atoms with Crippen LogP contribution < -0.4 is 11.3 Å². The highest BCUT2D eigenvalue weighted by Gasteiger charge is 2.06. The van der Waals surface area contributed by atoms with E-state index < -0.39 is 0 Å². The smallest absolute Gasteiger partial charge is 0.251 e. The van der Waals surface area contributed by atoms with Crippen LogP contribution in [0.2, 0.25) is 10.0 Å². The zero-order valence-corrected chi connectivity index (χ0v) is 11.6. The topological polar surface area (TPSA) is 71.8 Å². The Morgan fingerprint density at radius 2 is 2.05 bits per heavy atom. The fourth-order valence-corrected chi connectivity index (χ4v) is 2.24. The van der Waals surface area contributed by atoms with Crippen molar-refractivity contribution >= 4 is 23.2 Å². The molecule has 0 atom stereocenters. The van der Waals surface area contributed by atoms with Gasteiger partial charge in [0.25, 0.3) is 5.56 Å². The van der Waals surface area contributed by atoms with Gasteiger partial charge in [0, 0.05) is 34.6 Å². The molecular weight excluding hydrogens is 285 g/mol. The molecule has 0 radical (unpaired) electrons. The second-order valence-electron chi connectivity index (χ2n) is 4.13. The standard InChI is InChI=1S/C13H13Cl2N3O/c14-9-2-1-8(11(15)6-9)5-12-17-10(3-4-16)7-13(19)18-12/h1-2,6-7H,3-5,16H2,(H,17,18,19). The SMILES string of the molecule is NCCc1cc(=O)[nH]c(Cc2ccc(Cl)cc2Cl)n1. The molecule has 0 unspecified atom stereocenters. The maximum atomic E-state index is 11.5. The number of nitrogens with one attached hydrogen (secondary N) is 1. The van der Waals surface area contributed by atoms with Crippen molar-refractivity contribution in [2.24, 2.45) is 5.73 Å². The van der Waals surface area contributed by atoms with Crippen LogP contribution in [0.4, 0.5) is 0 Å². The zero-order valence-electron chi connectivity index (χ0n) is 10.1. The predicted octanol–water partition coefficient (Wildman–Crippen LogP) is 2.17. The Kier molecular flexibility index (Phi) is 4.58. The van der Waals surface area contributed by atoms with Crippen molar-refractivity contribution < 1.29 is 0 Å². The van der Waals surface area contributed by atoms with E-state index in [1.54, 1.807) is 12.1 Å². The summed E-state index contributed by atoms with van der Waals surface area (Å²) in [6.45, 7) is 0.456. The van der Waals surface area contributed by atoms with Gasteiger partial charge in [-0.15, -0.1) is 0 Å². The van der Waals surface area contributed by atoms with Gasteiger partial charge in [-0.1, -0.05) is 29.3 Å². The lowest BCUT2D eigenvalue weighted by Gasteiger charge is -2.06. The number of nitrogens with two attached hydrogens (primary N) is 1. The van der Waals surface area contributed by atoms with Crippen molar-refractivity contribution in [1.29, 1.82) is 0 Å². The van der Waals surface area contributed by atoms with Gasteiger partial charge in [-0.2, -0.15) is 0 Å². The van der Waals surface area contributed by atoms with Gasteiger partial charge in [-0.05, 0) is 24.2 Å². The van der Waals surface area contributed by atoms with Gasteiger partial charge in [0.1, 0.15) is 5.82 Å². The van der Waals surface area contributed by atoms with Crippen LogP contribution in [0, 0.1) is 0 Å². The average molecular weight is 298 g/mol. The van der Waals surface area contributed by atoms with Crippen molar-refractivity contribution in [2.75, 3.05) is 6.54 Å². The third-order valence-corrected chi connectivity index (χ3v) is 3.20. The molecule has 2 rings (SSSR count). The Bertz CT molecular complexity index is 640. The molecular formula is C13H13Cl2N3O. The summed E-state index contributed by atoms with van der Waals surface area (Å²) in [5.74, 6) is 0.570. The minimum Gasteiger partial charge on any atom is -0.330 e. The molecule has 4 nitrogen and oxygen atoms in total. The fraction of sp³-hybridized carbons (Fsp3) is 0.231. The molecule has 0 aliphatic heterocycles. The Morgan fingerprint density at radius 1 is 1.26 bits per heavy atom. The number of aromatic nitrogens is 2. The van der Waals surface area contributed by atoms with Crippen LogP contribution in [0.25, 0.3) is 0 Å². The van der Waals surface area contributed by atoms with E-state index in [1.165, 1.54) is 6.07 Å². The lowest BCUT2D eigenvalue weighted by Crippen LogP contribution is -2.15.